The molecule has 0 fully saturated rings. The van der Waals surface area contributed by atoms with Crippen LogP contribution in [0.25, 0.3) is 16.7 Å². The van der Waals surface area contributed by atoms with E-state index >= 15 is 0 Å². The number of aromatic nitrogens is 3. The normalized spacial score (nSPS) is 11.2. The summed E-state index contributed by atoms with van der Waals surface area (Å²) in [6.45, 7) is 4.14. The Hall–Kier alpha value is -1.40. The second kappa shape index (κ2) is 4.86. The van der Waals surface area contributed by atoms with Crippen molar-refractivity contribution in [3.05, 3.63) is 44.3 Å². The number of nitrogens with two attached hydrogens (primary N) is 1. The van der Waals surface area contributed by atoms with E-state index in [9.17, 15) is 0 Å². The van der Waals surface area contributed by atoms with E-state index in [0.29, 0.717) is 5.69 Å². The maximum absolute atomic E-state index is 5.98. The minimum absolute atomic E-state index is 0.630. The van der Waals surface area contributed by atoms with E-state index in [-0.39, 0.29) is 0 Å². The molecule has 2 N–H and O–H groups in total. The number of nitrogen functional groups attached to an aromatic ring is 1. The number of aryl methyl sites for hydroxylation is 1. The van der Waals surface area contributed by atoms with Gasteiger partial charge in [0.25, 0.3) is 0 Å². The minimum atomic E-state index is 0.630. The first-order chi connectivity index (χ1) is 9.49. The number of anilines is 1. The molecular formula is C14H12Br2N4. The summed E-state index contributed by atoms with van der Waals surface area (Å²) in [7, 11) is 0. The molecule has 0 atom stereocenters. The number of fused-ring (bicyclic) bond motifs is 1. The van der Waals surface area contributed by atoms with Gasteiger partial charge in [0.1, 0.15) is 11.0 Å². The number of hydrogen-bond acceptors (Lipinski definition) is 3. The van der Waals surface area contributed by atoms with Crippen LogP contribution in [-0.4, -0.2) is 15.0 Å². The van der Waals surface area contributed by atoms with E-state index in [1.165, 1.54) is 5.56 Å². The highest BCUT2D eigenvalue weighted by Crippen LogP contribution is 2.34. The molecule has 0 amide bonds. The van der Waals surface area contributed by atoms with Crippen LogP contribution in [0.1, 0.15) is 11.1 Å². The summed E-state index contributed by atoms with van der Waals surface area (Å²) in [4.78, 5) is 1.66. The van der Waals surface area contributed by atoms with Crippen molar-refractivity contribution < 1.29 is 0 Å². The maximum Gasteiger partial charge on any atom is 0.130 e. The Labute approximate surface area is 133 Å². The average molecular weight is 396 g/mol. The van der Waals surface area contributed by atoms with Crippen LogP contribution in [0.15, 0.2) is 33.2 Å². The zero-order valence-corrected chi connectivity index (χ0v) is 14.2. The second-order valence-electron chi connectivity index (χ2n) is 4.66. The van der Waals surface area contributed by atoms with Crippen molar-refractivity contribution in [3.8, 4) is 5.69 Å². The number of benzene rings is 2. The fraction of sp³-hybridized carbons (Fsp3) is 0.143. The van der Waals surface area contributed by atoms with E-state index in [2.05, 4.69) is 62.0 Å². The first-order valence-electron chi connectivity index (χ1n) is 6.06. The van der Waals surface area contributed by atoms with Gasteiger partial charge in [-0.2, -0.15) is 4.80 Å². The van der Waals surface area contributed by atoms with E-state index in [1.807, 2.05) is 18.2 Å². The Morgan fingerprint density at radius 1 is 1.15 bits per heavy atom. The highest BCUT2D eigenvalue weighted by Gasteiger charge is 2.14. The molecule has 0 unspecified atom stereocenters. The van der Waals surface area contributed by atoms with Crippen molar-refractivity contribution in [2.45, 2.75) is 13.8 Å². The highest BCUT2D eigenvalue weighted by molar-refractivity contribution is 9.11. The standard InChI is InChI=1S/C14H12Br2N4/c1-7-4-3-5-11(8(7)2)20-18-10-6-9(15)13(17)12(16)14(10)19-20/h3-6H,17H2,1-2H3. The van der Waals surface area contributed by atoms with E-state index in [0.717, 1.165) is 31.2 Å². The van der Waals surface area contributed by atoms with Crippen LogP contribution in [0.4, 0.5) is 5.69 Å². The van der Waals surface area contributed by atoms with Gasteiger partial charge >= 0.3 is 0 Å². The van der Waals surface area contributed by atoms with Gasteiger partial charge in [-0.1, -0.05) is 12.1 Å². The number of halogens is 2. The third-order valence-electron chi connectivity index (χ3n) is 3.40. The number of hydrogen-bond donors (Lipinski definition) is 1. The summed E-state index contributed by atoms with van der Waals surface area (Å²) in [5.74, 6) is 0. The lowest BCUT2D eigenvalue weighted by Gasteiger charge is -2.06. The largest absolute Gasteiger partial charge is 0.397 e. The second-order valence-corrected chi connectivity index (χ2v) is 6.31. The molecule has 0 spiro atoms. The Morgan fingerprint density at radius 2 is 1.90 bits per heavy atom. The number of rotatable bonds is 1. The summed E-state index contributed by atoms with van der Waals surface area (Å²) in [6.07, 6.45) is 0. The number of nitrogens with zero attached hydrogens (tertiary/aromatic N) is 3. The fourth-order valence-electron chi connectivity index (χ4n) is 2.06. The van der Waals surface area contributed by atoms with Crippen LogP contribution in [-0.2, 0) is 0 Å². The van der Waals surface area contributed by atoms with Gasteiger partial charge in [-0.15, -0.1) is 10.2 Å². The van der Waals surface area contributed by atoms with E-state index < -0.39 is 0 Å². The monoisotopic (exact) mass is 394 g/mol. The zero-order valence-electron chi connectivity index (χ0n) is 11.0. The van der Waals surface area contributed by atoms with Crippen LogP contribution < -0.4 is 5.73 Å². The van der Waals surface area contributed by atoms with Gasteiger partial charge in [-0.05, 0) is 69.0 Å². The lowest BCUT2D eigenvalue weighted by atomic mass is 10.1. The minimum Gasteiger partial charge on any atom is -0.397 e. The summed E-state index contributed by atoms with van der Waals surface area (Å²) >= 11 is 6.91. The van der Waals surface area contributed by atoms with E-state index in [4.69, 9.17) is 5.73 Å². The summed E-state index contributed by atoms with van der Waals surface area (Å²) in [5.41, 5.74) is 11.5. The third-order valence-corrected chi connectivity index (χ3v) is 4.86. The SMILES string of the molecule is Cc1cccc(-n2nc3cc(Br)c(N)c(Br)c3n2)c1C. The molecule has 20 heavy (non-hydrogen) atoms. The molecule has 0 radical (unpaired) electrons. The van der Waals surface area contributed by atoms with Gasteiger partial charge in [-0.25, -0.2) is 0 Å². The highest BCUT2D eigenvalue weighted by atomic mass is 79.9. The molecule has 0 aliphatic carbocycles. The van der Waals surface area contributed by atoms with Gasteiger partial charge in [0.2, 0.25) is 0 Å². The van der Waals surface area contributed by atoms with Crippen molar-refractivity contribution in [1.29, 1.82) is 0 Å². The van der Waals surface area contributed by atoms with Crippen molar-refractivity contribution in [2.24, 2.45) is 0 Å². The summed E-state index contributed by atoms with van der Waals surface area (Å²) in [5, 5.41) is 9.08. The van der Waals surface area contributed by atoms with Crippen LogP contribution in [0.5, 0.6) is 0 Å². The molecule has 0 saturated heterocycles. The molecule has 2 aromatic carbocycles. The van der Waals surface area contributed by atoms with Crippen LogP contribution >= 0.6 is 31.9 Å². The molecule has 4 nitrogen and oxygen atoms in total. The van der Waals surface area contributed by atoms with Crippen LogP contribution in [0.3, 0.4) is 0 Å². The predicted octanol–water partition coefficient (Wildman–Crippen LogP) is 4.14. The molecule has 0 saturated carbocycles. The molecule has 1 heterocycles. The first kappa shape index (κ1) is 13.6. The average Bonchev–Trinajstić information content (AvgIpc) is 2.83. The molecule has 1 aromatic heterocycles. The molecule has 0 aliphatic rings. The van der Waals surface area contributed by atoms with Crippen molar-refractivity contribution in [3.63, 3.8) is 0 Å². The van der Waals surface area contributed by atoms with Gasteiger partial charge in [0.05, 0.1) is 15.8 Å². The molecule has 0 bridgehead atoms. The zero-order chi connectivity index (χ0) is 14.4. The predicted molar refractivity (Wildman–Crippen MR) is 88.2 cm³/mol. The third kappa shape index (κ3) is 2.03. The molecule has 3 aromatic rings. The quantitative estimate of drug-likeness (QED) is 0.629. The molecule has 0 aliphatic heterocycles. The van der Waals surface area contributed by atoms with Crippen molar-refractivity contribution in [1.82, 2.24) is 15.0 Å². The fourth-order valence-corrected chi connectivity index (χ4v) is 3.24. The van der Waals surface area contributed by atoms with Gasteiger partial charge in [-0.3, -0.25) is 0 Å². The van der Waals surface area contributed by atoms with Crippen molar-refractivity contribution >= 4 is 48.6 Å². The van der Waals surface area contributed by atoms with Gasteiger partial charge in [0, 0.05) is 4.47 Å². The lowest BCUT2D eigenvalue weighted by Crippen LogP contribution is -2.02. The molecule has 3 rings (SSSR count). The summed E-state index contributed by atoms with van der Waals surface area (Å²) in [6, 6.07) is 7.97. The molecular weight excluding hydrogens is 384 g/mol. The van der Waals surface area contributed by atoms with Gasteiger partial charge < -0.3 is 5.73 Å². The summed E-state index contributed by atoms with van der Waals surface area (Å²) < 4.78 is 1.57. The maximum atomic E-state index is 5.98. The van der Waals surface area contributed by atoms with Crippen LogP contribution in [0.2, 0.25) is 0 Å². The first-order valence-corrected chi connectivity index (χ1v) is 7.64. The molecule has 6 heteroatoms. The Kier molecular flexibility index (Phi) is 3.30. The molecule has 102 valence electrons. The van der Waals surface area contributed by atoms with Gasteiger partial charge in [0.15, 0.2) is 0 Å². The topological polar surface area (TPSA) is 56.7 Å². The Balaban J connectivity index is 2.29. The lowest BCUT2D eigenvalue weighted by molar-refractivity contribution is 0.759. The smallest absolute Gasteiger partial charge is 0.130 e. The van der Waals surface area contributed by atoms with Crippen LogP contribution in [0, 0.1) is 13.8 Å². The van der Waals surface area contributed by atoms with Crippen molar-refractivity contribution in [2.75, 3.05) is 5.73 Å². The Morgan fingerprint density at radius 3 is 2.65 bits per heavy atom. The Bertz CT molecular complexity index is 824. The van der Waals surface area contributed by atoms with E-state index in [1.54, 1.807) is 4.80 Å².